The minimum absolute atomic E-state index is 0.221. The fourth-order valence-electron chi connectivity index (χ4n) is 3.40. The summed E-state index contributed by atoms with van der Waals surface area (Å²) >= 11 is 17.1. The summed E-state index contributed by atoms with van der Waals surface area (Å²) in [4.78, 5) is 17.6. The van der Waals surface area contributed by atoms with Crippen LogP contribution in [0.2, 0.25) is 10.0 Å². The van der Waals surface area contributed by atoms with Gasteiger partial charge in [-0.1, -0.05) is 29.3 Å². The standard InChI is InChI=1S/C27H23BrCl2N2O4S/c1-3-34-20-9-7-19(8-10-20)31-27-32-26(33)24(37-27)13-16-11-21(28)25(23(12-16)35-4-2)36-15-17-5-6-18(29)14-22(17)30/h5-14H,3-4,15H2,1-2H3,(H,31,32,33)/b24-13-. The van der Waals surface area contributed by atoms with Gasteiger partial charge in [-0.3, -0.25) is 4.79 Å². The second-order valence-corrected chi connectivity index (χ2v) is 10.4. The maximum atomic E-state index is 12.6. The second kappa shape index (κ2) is 12.7. The lowest BCUT2D eigenvalue weighted by Gasteiger charge is -2.15. The van der Waals surface area contributed by atoms with Crippen molar-refractivity contribution in [1.29, 1.82) is 0 Å². The molecule has 37 heavy (non-hydrogen) atoms. The summed E-state index contributed by atoms with van der Waals surface area (Å²) < 4.78 is 18.0. The van der Waals surface area contributed by atoms with Crippen molar-refractivity contribution in [3.8, 4) is 17.2 Å². The highest BCUT2D eigenvalue weighted by atomic mass is 79.9. The Balaban J connectivity index is 1.53. The minimum Gasteiger partial charge on any atom is -0.494 e. The van der Waals surface area contributed by atoms with Gasteiger partial charge < -0.3 is 19.5 Å². The van der Waals surface area contributed by atoms with Gasteiger partial charge in [0.15, 0.2) is 16.7 Å². The van der Waals surface area contributed by atoms with Crippen molar-refractivity contribution >= 4 is 73.7 Å². The number of amides is 1. The van der Waals surface area contributed by atoms with Gasteiger partial charge in [-0.25, -0.2) is 4.99 Å². The number of hydrogen-bond acceptors (Lipinski definition) is 6. The van der Waals surface area contributed by atoms with E-state index in [1.165, 1.54) is 11.8 Å². The first-order valence-electron chi connectivity index (χ1n) is 11.4. The smallest absolute Gasteiger partial charge is 0.264 e. The first-order valence-corrected chi connectivity index (χ1v) is 13.8. The van der Waals surface area contributed by atoms with Gasteiger partial charge in [0, 0.05) is 15.6 Å². The van der Waals surface area contributed by atoms with Crippen LogP contribution in [-0.4, -0.2) is 24.3 Å². The van der Waals surface area contributed by atoms with Gasteiger partial charge in [0.1, 0.15) is 12.4 Å². The van der Waals surface area contributed by atoms with Crippen molar-refractivity contribution in [2.24, 2.45) is 4.99 Å². The molecule has 0 aliphatic carbocycles. The van der Waals surface area contributed by atoms with Crippen LogP contribution in [0, 0.1) is 0 Å². The molecule has 0 spiro atoms. The van der Waals surface area contributed by atoms with Crippen LogP contribution in [0.5, 0.6) is 17.2 Å². The van der Waals surface area contributed by atoms with Gasteiger partial charge in [0.25, 0.3) is 5.91 Å². The first kappa shape index (κ1) is 27.4. The zero-order valence-corrected chi connectivity index (χ0v) is 23.9. The van der Waals surface area contributed by atoms with Crippen molar-refractivity contribution in [1.82, 2.24) is 5.32 Å². The zero-order valence-electron chi connectivity index (χ0n) is 20.0. The lowest BCUT2D eigenvalue weighted by Crippen LogP contribution is -2.19. The van der Waals surface area contributed by atoms with Crippen LogP contribution in [0.4, 0.5) is 5.69 Å². The van der Waals surface area contributed by atoms with E-state index >= 15 is 0 Å². The van der Waals surface area contributed by atoms with E-state index in [0.717, 1.165) is 22.6 Å². The maximum Gasteiger partial charge on any atom is 0.264 e. The summed E-state index contributed by atoms with van der Waals surface area (Å²) in [5.74, 6) is 1.63. The number of halogens is 3. The van der Waals surface area contributed by atoms with Crippen molar-refractivity contribution in [3.05, 3.63) is 85.1 Å². The SMILES string of the molecule is CCOc1ccc(N=C2NC(=O)/C(=C/c3cc(Br)c(OCc4ccc(Cl)cc4Cl)c(OCC)c3)S2)cc1. The van der Waals surface area contributed by atoms with E-state index in [1.54, 1.807) is 18.2 Å². The Labute approximate surface area is 238 Å². The van der Waals surface area contributed by atoms with Crippen LogP contribution in [0.15, 0.2) is 69.0 Å². The molecule has 1 N–H and O–H groups in total. The Morgan fingerprint density at radius 2 is 1.76 bits per heavy atom. The third kappa shape index (κ3) is 7.23. The molecule has 6 nitrogen and oxygen atoms in total. The van der Waals surface area contributed by atoms with Crippen LogP contribution < -0.4 is 19.5 Å². The molecular formula is C27H23BrCl2N2O4S. The normalized spacial score (nSPS) is 15.2. The quantitative estimate of drug-likeness (QED) is 0.245. The number of nitrogens with one attached hydrogen (secondary N) is 1. The van der Waals surface area contributed by atoms with Crippen LogP contribution >= 0.6 is 50.9 Å². The summed E-state index contributed by atoms with van der Waals surface area (Å²) in [6.07, 6.45) is 1.79. The Hall–Kier alpha value is -2.65. The Bertz CT molecular complexity index is 1360. The minimum atomic E-state index is -0.221. The fraction of sp³-hybridized carbons (Fsp3) is 0.185. The van der Waals surface area contributed by atoms with Crippen LogP contribution in [-0.2, 0) is 11.4 Å². The predicted octanol–water partition coefficient (Wildman–Crippen LogP) is 8.02. The van der Waals surface area contributed by atoms with Crippen molar-refractivity contribution in [2.75, 3.05) is 13.2 Å². The molecule has 1 fully saturated rings. The maximum absolute atomic E-state index is 12.6. The number of nitrogens with zero attached hydrogens (tertiary/aromatic N) is 1. The molecular weight excluding hydrogens is 599 g/mol. The van der Waals surface area contributed by atoms with E-state index < -0.39 is 0 Å². The number of rotatable bonds is 9. The molecule has 10 heteroatoms. The molecule has 3 aromatic rings. The largest absolute Gasteiger partial charge is 0.494 e. The average Bonchev–Trinajstić information content (AvgIpc) is 3.19. The van der Waals surface area contributed by atoms with E-state index in [-0.39, 0.29) is 12.5 Å². The van der Waals surface area contributed by atoms with E-state index in [2.05, 4.69) is 26.2 Å². The summed E-state index contributed by atoms with van der Waals surface area (Å²) in [5.41, 5.74) is 2.29. The monoisotopic (exact) mass is 620 g/mol. The van der Waals surface area contributed by atoms with E-state index in [0.29, 0.717) is 49.3 Å². The average molecular weight is 622 g/mol. The fourth-order valence-corrected chi connectivity index (χ4v) is 5.27. The van der Waals surface area contributed by atoms with Gasteiger partial charge in [0.05, 0.1) is 28.3 Å². The lowest BCUT2D eigenvalue weighted by molar-refractivity contribution is -0.115. The lowest BCUT2D eigenvalue weighted by atomic mass is 10.1. The van der Waals surface area contributed by atoms with Crippen LogP contribution in [0.1, 0.15) is 25.0 Å². The van der Waals surface area contributed by atoms with E-state index in [4.69, 9.17) is 37.4 Å². The number of hydrogen-bond donors (Lipinski definition) is 1. The molecule has 1 aliphatic heterocycles. The number of carbonyl (C=O) groups excluding carboxylic acids is 1. The third-order valence-corrected chi connectivity index (χ3v) is 7.13. The molecule has 0 aromatic heterocycles. The Kier molecular flexibility index (Phi) is 9.43. The number of benzene rings is 3. The van der Waals surface area contributed by atoms with Gasteiger partial charge in [-0.05, 0) is 102 Å². The Morgan fingerprint density at radius 3 is 2.46 bits per heavy atom. The topological polar surface area (TPSA) is 69.2 Å². The van der Waals surface area contributed by atoms with Crippen molar-refractivity contribution in [3.63, 3.8) is 0 Å². The number of amidine groups is 1. The van der Waals surface area contributed by atoms with Gasteiger partial charge in [-0.15, -0.1) is 0 Å². The molecule has 0 unspecified atom stereocenters. The van der Waals surface area contributed by atoms with Gasteiger partial charge >= 0.3 is 0 Å². The Morgan fingerprint density at radius 1 is 1.00 bits per heavy atom. The highest BCUT2D eigenvalue weighted by Crippen LogP contribution is 2.39. The van der Waals surface area contributed by atoms with Crippen LogP contribution in [0.3, 0.4) is 0 Å². The molecule has 0 saturated carbocycles. The predicted molar refractivity (Wildman–Crippen MR) is 155 cm³/mol. The molecule has 1 amide bonds. The van der Waals surface area contributed by atoms with Crippen molar-refractivity contribution in [2.45, 2.75) is 20.5 Å². The zero-order chi connectivity index (χ0) is 26.4. The summed E-state index contributed by atoms with van der Waals surface area (Å²) in [5, 5.41) is 4.40. The highest BCUT2D eigenvalue weighted by molar-refractivity contribution is 9.10. The number of aliphatic imine (C=N–C) groups is 1. The molecule has 4 rings (SSSR count). The van der Waals surface area contributed by atoms with Crippen LogP contribution in [0.25, 0.3) is 6.08 Å². The summed E-state index contributed by atoms with van der Waals surface area (Å²) in [7, 11) is 0. The molecule has 0 atom stereocenters. The number of thioether (sulfide) groups is 1. The van der Waals surface area contributed by atoms with E-state index in [9.17, 15) is 4.79 Å². The third-order valence-electron chi connectivity index (χ3n) is 5.05. The molecule has 3 aromatic carbocycles. The summed E-state index contributed by atoms with van der Waals surface area (Å²) in [6.45, 7) is 5.10. The first-order chi connectivity index (χ1) is 17.9. The van der Waals surface area contributed by atoms with Crippen molar-refractivity contribution < 1.29 is 19.0 Å². The molecule has 1 heterocycles. The second-order valence-electron chi connectivity index (χ2n) is 7.70. The molecule has 192 valence electrons. The van der Waals surface area contributed by atoms with Gasteiger partial charge in [0.2, 0.25) is 0 Å². The van der Waals surface area contributed by atoms with Gasteiger partial charge in [-0.2, -0.15) is 0 Å². The molecule has 0 bridgehead atoms. The molecule has 0 radical (unpaired) electrons. The molecule has 1 aliphatic rings. The van der Waals surface area contributed by atoms with E-state index in [1.807, 2.05) is 56.3 Å². The highest BCUT2D eigenvalue weighted by Gasteiger charge is 2.24. The molecule has 1 saturated heterocycles. The number of carbonyl (C=O) groups is 1. The number of ether oxygens (including phenoxy) is 3. The summed E-state index contributed by atoms with van der Waals surface area (Å²) in [6, 6.07) is 16.3.